The van der Waals surface area contributed by atoms with Crippen molar-refractivity contribution < 1.29 is 14.3 Å². The molecule has 17 heavy (non-hydrogen) atoms. The molecule has 1 unspecified atom stereocenters. The summed E-state index contributed by atoms with van der Waals surface area (Å²) >= 11 is 0. The lowest BCUT2D eigenvalue weighted by Crippen LogP contribution is -2.33. The Hall–Kier alpha value is -1.62. The third kappa shape index (κ3) is 3.17. The molecule has 0 spiro atoms. The summed E-state index contributed by atoms with van der Waals surface area (Å²) in [5.41, 5.74) is 6.37. The van der Waals surface area contributed by atoms with Crippen LogP contribution in [0, 0.1) is 12.7 Å². The summed E-state index contributed by atoms with van der Waals surface area (Å²) in [4.78, 5) is 13.2. The first-order valence-corrected chi connectivity index (χ1v) is 5.32. The third-order valence-electron chi connectivity index (χ3n) is 2.52. The van der Waals surface area contributed by atoms with Gasteiger partial charge in [-0.05, 0) is 26.0 Å². The molecule has 1 rings (SSSR count). The predicted octanol–water partition coefficient (Wildman–Crippen LogP) is 1.17. The van der Waals surface area contributed by atoms with Crippen molar-refractivity contribution in [2.75, 3.05) is 19.3 Å². The molecule has 1 aromatic rings. The summed E-state index contributed by atoms with van der Waals surface area (Å²) in [5, 5.41) is 9.18. The number of nitrogens with zero attached hydrogens (tertiary/aromatic N) is 1. The minimum atomic E-state index is -0.628. The van der Waals surface area contributed by atoms with Crippen LogP contribution in [0.25, 0.3) is 0 Å². The lowest BCUT2D eigenvalue weighted by molar-refractivity contribution is 0.0703. The van der Waals surface area contributed by atoms with Crippen molar-refractivity contribution in [3.8, 4) is 0 Å². The van der Waals surface area contributed by atoms with Gasteiger partial charge in [0.05, 0.1) is 6.10 Å². The van der Waals surface area contributed by atoms with Gasteiger partial charge in [-0.1, -0.05) is 0 Å². The monoisotopic (exact) mass is 240 g/mol. The Balaban J connectivity index is 2.97. The van der Waals surface area contributed by atoms with Gasteiger partial charge < -0.3 is 15.7 Å². The number of halogens is 1. The summed E-state index contributed by atoms with van der Waals surface area (Å²) in [6, 6.07) is 2.60. The summed E-state index contributed by atoms with van der Waals surface area (Å²) in [6.07, 6.45) is -0.628. The number of carbonyl (C=O) groups is 1. The number of benzene rings is 1. The van der Waals surface area contributed by atoms with E-state index in [1.165, 1.54) is 11.0 Å². The molecule has 0 fully saturated rings. The van der Waals surface area contributed by atoms with Crippen LogP contribution in [0.4, 0.5) is 10.1 Å². The number of carbonyl (C=O) groups excluding carboxylic acids is 1. The van der Waals surface area contributed by atoms with Crippen molar-refractivity contribution in [1.29, 1.82) is 0 Å². The molecular weight excluding hydrogens is 223 g/mol. The Bertz CT molecular complexity index is 410. The van der Waals surface area contributed by atoms with Gasteiger partial charge in [-0.25, -0.2) is 4.39 Å². The van der Waals surface area contributed by atoms with Crippen LogP contribution >= 0.6 is 0 Å². The first kappa shape index (κ1) is 13.4. The van der Waals surface area contributed by atoms with Gasteiger partial charge in [0, 0.05) is 30.4 Å². The second-order valence-corrected chi connectivity index (χ2v) is 4.21. The highest BCUT2D eigenvalue weighted by Crippen LogP contribution is 2.18. The molecule has 0 saturated carbocycles. The zero-order chi connectivity index (χ0) is 13.2. The van der Waals surface area contributed by atoms with Crippen molar-refractivity contribution >= 4 is 11.6 Å². The van der Waals surface area contributed by atoms with E-state index in [1.807, 2.05) is 0 Å². The molecule has 1 aromatic carbocycles. The lowest BCUT2D eigenvalue weighted by atomic mass is 10.1. The van der Waals surface area contributed by atoms with Crippen LogP contribution in [0.1, 0.15) is 22.8 Å². The zero-order valence-corrected chi connectivity index (χ0v) is 10.2. The van der Waals surface area contributed by atoms with Gasteiger partial charge in [-0.3, -0.25) is 4.79 Å². The summed E-state index contributed by atoms with van der Waals surface area (Å²) in [5.74, 6) is -0.865. The van der Waals surface area contributed by atoms with Gasteiger partial charge in [0.15, 0.2) is 0 Å². The maximum absolute atomic E-state index is 13.4. The quantitative estimate of drug-likeness (QED) is 0.779. The minimum Gasteiger partial charge on any atom is -0.398 e. The molecule has 3 N–H and O–H groups in total. The van der Waals surface area contributed by atoms with E-state index in [2.05, 4.69) is 0 Å². The van der Waals surface area contributed by atoms with Crippen LogP contribution < -0.4 is 5.73 Å². The molecule has 0 aliphatic heterocycles. The van der Waals surface area contributed by atoms with E-state index in [1.54, 1.807) is 20.9 Å². The number of nitrogen functional groups attached to an aromatic ring is 1. The molecule has 4 nitrogen and oxygen atoms in total. The first-order chi connectivity index (χ1) is 7.82. The van der Waals surface area contributed by atoms with E-state index in [4.69, 9.17) is 5.73 Å². The molecular formula is C12H17FN2O2. The Morgan fingerprint density at radius 2 is 2.18 bits per heavy atom. The normalized spacial score (nSPS) is 12.3. The fourth-order valence-corrected chi connectivity index (χ4v) is 1.52. The number of aliphatic hydroxyl groups excluding tert-OH is 1. The average molecular weight is 240 g/mol. The van der Waals surface area contributed by atoms with Crippen LogP contribution in [0.3, 0.4) is 0 Å². The minimum absolute atomic E-state index is 0.189. The molecule has 1 atom stereocenters. The number of anilines is 1. The van der Waals surface area contributed by atoms with Crippen molar-refractivity contribution in [3.05, 3.63) is 29.1 Å². The van der Waals surface area contributed by atoms with Gasteiger partial charge in [-0.2, -0.15) is 0 Å². The molecule has 0 radical (unpaired) electrons. The van der Waals surface area contributed by atoms with Crippen LogP contribution in [0.2, 0.25) is 0 Å². The standard InChI is InChI=1S/C12H17FN2O2/c1-7(16)6-15(3)12(17)9-4-10(13)8(2)11(14)5-9/h4-5,7,16H,6,14H2,1-3H3. The van der Waals surface area contributed by atoms with E-state index in [9.17, 15) is 14.3 Å². The Kier molecular flexibility index (Phi) is 4.07. The third-order valence-corrected chi connectivity index (χ3v) is 2.52. The van der Waals surface area contributed by atoms with Crippen molar-refractivity contribution in [3.63, 3.8) is 0 Å². The van der Waals surface area contributed by atoms with E-state index in [0.717, 1.165) is 6.07 Å². The molecule has 1 amide bonds. The smallest absolute Gasteiger partial charge is 0.253 e. The molecule has 0 aliphatic rings. The first-order valence-electron chi connectivity index (χ1n) is 5.32. The zero-order valence-electron chi connectivity index (χ0n) is 10.2. The van der Waals surface area contributed by atoms with Gasteiger partial charge in [-0.15, -0.1) is 0 Å². The van der Waals surface area contributed by atoms with Gasteiger partial charge in [0.2, 0.25) is 0 Å². The van der Waals surface area contributed by atoms with E-state index in [0.29, 0.717) is 5.56 Å². The Morgan fingerprint density at radius 3 is 2.65 bits per heavy atom. The van der Waals surface area contributed by atoms with Crippen LogP contribution in [-0.2, 0) is 0 Å². The number of rotatable bonds is 3. The van der Waals surface area contributed by atoms with Crippen molar-refractivity contribution in [2.24, 2.45) is 0 Å². The highest BCUT2D eigenvalue weighted by atomic mass is 19.1. The summed E-state index contributed by atoms with van der Waals surface area (Å²) in [6.45, 7) is 3.32. The summed E-state index contributed by atoms with van der Waals surface area (Å²) in [7, 11) is 1.54. The fraction of sp³-hybridized carbons (Fsp3) is 0.417. The predicted molar refractivity (Wildman–Crippen MR) is 64.2 cm³/mol. The topological polar surface area (TPSA) is 66.6 Å². The van der Waals surface area contributed by atoms with Crippen molar-refractivity contribution in [2.45, 2.75) is 20.0 Å². The molecule has 0 saturated heterocycles. The van der Waals surface area contributed by atoms with Crippen LogP contribution in [0.15, 0.2) is 12.1 Å². The SMILES string of the molecule is Cc1c(N)cc(C(=O)N(C)CC(C)O)cc1F. The van der Waals surface area contributed by atoms with Gasteiger partial charge in [0.25, 0.3) is 5.91 Å². The number of hydrogen-bond donors (Lipinski definition) is 2. The second-order valence-electron chi connectivity index (χ2n) is 4.21. The maximum atomic E-state index is 13.4. The molecule has 0 bridgehead atoms. The molecule has 5 heteroatoms. The van der Waals surface area contributed by atoms with Gasteiger partial charge in [0.1, 0.15) is 5.82 Å². The number of likely N-dealkylation sites (N-methyl/N-ethyl adjacent to an activating group) is 1. The van der Waals surface area contributed by atoms with E-state index >= 15 is 0 Å². The number of amides is 1. The van der Waals surface area contributed by atoms with Gasteiger partial charge >= 0.3 is 0 Å². The second kappa shape index (κ2) is 5.14. The molecule has 94 valence electrons. The highest BCUT2D eigenvalue weighted by molar-refractivity contribution is 5.95. The number of aliphatic hydroxyl groups is 1. The van der Waals surface area contributed by atoms with E-state index in [-0.39, 0.29) is 23.7 Å². The largest absolute Gasteiger partial charge is 0.398 e. The lowest BCUT2D eigenvalue weighted by Gasteiger charge is -2.19. The highest BCUT2D eigenvalue weighted by Gasteiger charge is 2.16. The average Bonchev–Trinajstić information content (AvgIpc) is 2.23. The Labute approximate surface area is 99.8 Å². The van der Waals surface area contributed by atoms with Crippen LogP contribution in [-0.4, -0.2) is 35.6 Å². The molecule has 0 aromatic heterocycles. The maximum Gasteiger partial charge on any atom is 0.253 e. The van der Waals surface area contributed by atoms with Crippen LogP contribution in [0.5, 0.6) is 0 Å². The van der Waals surface area contributed by atoms with E-state index < -0.39 is 11.9 Å². The van der Waals surface area contributed by atoms with Crippen molar-refractivity contribution in [1.82, 2.24) is 4.90 Å². The number of hydrogen-bond acceptors (Lipinski definition) is 3. The molecule has 0 heterocycles. The number of nitrogens with two attached hydrogens (primary N) is 1. The fourth-order valence-electron chi connectivity index (χ4n) is 1.52. The Morgan fingerprint density at radius 1 is 1.59 bits per heavy atom. The molecule has 0 aliphatic carbocycles. The summed E-state index contributed by atoms with van der Waals surface area (Å²) < 4.78 is 13.4.